The lowest BCUT2D eigenvalue weighted by atomic mass is 10.2. The normalized spacial score (nSPS) is 11.5. The summed E-state index contributed by atoms with van der Waals surface area (Å²) in [6.07, 6.45) is 1.58. The van der Waals surface area contributed by atoms with Crippen molar-refractivity contribution >= 4 is 15.7 Å². The molecule has 1 aromatic heterocycles. The fourth-order valence-corrected chi connectivity index (χ4v) is 2.69. The summed E-state index contributed by atoms with van der Waals surface area (Å²) in [4.78, 5) is 3.87. The molecule has 5 nitrogen and oxygen atoms in total. The van der Waals surface area contributed by atoms with Gasteiger partial charge in [-0.05, 0) is 36.8 Å². The van der Waals surface area contributed by atoms with E-state index in [-0.39, 0.29) is 17.1 Å². The van der Waals surface area contributed by atoms with Crippen LogP contribution in [0.1, 0.15) is 11.3 Å². The molecule has 0 bridgehead atoms. The molecule has 0 atom stereocenters. The van der Waals surface area contributed by atoms with Gasteiger partial charge in [0.25, 0.3) is 0 Å². The maximum atomic E-state index is 13.2. The van der Waals surface area contributed by atoms with Crippen molar-refractivity contribution in [3.8, 4) is 0 Å². The van der Waals surface area contributed by atoms with Crippen LogP contribution in [0.4, 0.5) is 10.1 Å². The highest BCUT2D eigenvalue weighted by atomic mass is 32.2. The number of rotatable bonds is 4. The van der Waals surface area contributed by atoms with Gasteiger partial charge in [0.1, 0.15) is 5.82 Å². The van der Waals surface area contributed by atoms with E-state index in [4.69, 9.17) is 5.73 Å². The van der Waals surface area contributed by atoms with Gasteiger partial charge < -0.3 is 5.73 Å². The third-order valence-corrected chi connectivity index (χ3v) is 4.02. The summed E-state index contributed by atoms with van der Waals surface area (Å²) in [5, 5.41) is 0. The minimum Gasteiger partial charge on any atom is -0.399 e. The Balaban J connectivity index is 2.16. The number of hydrogen-bond donors (Lipinski definition) is 2. The Morgan fingerprint density at radius 1 is 1.30 bits per heavy atom. The minimum atomic E-state index is -3.81. The van der Waals surface area contributed by atoms with Crippen molar-refractivity contribution in [2.24, 2.45) is 0 Å². The first-order valence-corrected chi connectivity index (χ1v) is 7.32. The van der Waals surface area contributed by atoms with E-state index < -0.39 is 15.8 Å². The molecule has 1 aromatic carbocycles. The zero-order valence-electron chi connectivity index (χ0n) is 10.8. The van der Waals surface area contributed by atoms with Crippen LogP contribution in [0.15, 0.2) is 41.4 Å². The van der Waals surface area contributed by atoms with Crippen LogP contribution in [-0.4, -0.2) is 13.4 Å². The highest BCUT2D eigenvalue weighted by molar-refractivity contribution is 7.89. The molecule has 7 heteroatoms. The van der Waals surface area contributed by atoms with Crippen molar-refractivity contribution < 1.29 is 12.8 Å². The molecule has 0 fully saturated rings. The summed E-state index contributed by atoms with van der Waals surface area (Å²) >= 11 is 0. The molecule has 0 saturated carbocycles. The fourth-order valence-electron chi connectivity index (χ4n) is 1.60. The summed E-state index contributed by atoms with van der Waals surface area (Å²) in [5.74, 6) is -0.692. The van der Waals surface area contributed by atoms with Gasteiger partial charge in [-0.25, -0.2) is 17.5 Å². The van der Waals surface area contributed by atoms with E-state index in [9.17, 15) is 12.8 Å². The van der Waals surface area contributed by atoms with Gasteiger partial charge in [-0.2, -0.15) is 0 Å². The van der Waals surface area contributed by atoms with Crippen LogP contribution in [-0.2, 0) is 16.6 Å². The number of halogens is 1. The summed E-state index contributed by atoms with van der Waals surface area (Å²) in [6, 6.07) is 6.74. The second-order valence-corrected chi connectivity index (χ2v) is 6.12. The highest BCUT2D eigenvalue weighted by Crippen LogP contribution is 2.16. The van der Waals surface area contributed by atoms with E-state index in [1.54, 1.807) is 18.3 Å². The Labute approximate surface area is 116 Å². The minimum absolute atomic E-state index is 0.0578. The van der Waals surface area contributed by atoms with Crippen LogP contribution in [0.2, 0.25) is 0 Å². The first-order chi connectivity index (χ1) is 9.37. The van der Waals surface area contributed by atoms with E-state index in [0.717, 1.165) is 17.8 Å². The summed E-state index contributed by atoms with van der Waals surface area (Å²) in [5.41, 5.74) is 7.05. The first kappa shape index (κ1) is 14.4. The molecule has 20 heavy (non-hydrogen) atoms. The van der Waals surface area contributed by atoms with Crippen molar-refractivity contribution in [1.82, 2.24) is 9.71 Å². The van der Waals surface area contributed by atoms with Gasteiger partial charge in [0.2, 0.25) is 10.0 Å². The average molecular weight is 295 g/mol. The third kappa shape index (κ3) is 3.52. The van der Waals surface area contributed by atoms with Gasteiger partial charge in [-0.1, -0.05) is 6.07 Å². The molecule has 0 aliphatic heterocycles. The Kier molecular flexibility index (Phi) is 4.01. The van der Waals surface area contributed by atoms with Crippen molar-refractivity contribution in [3.63, 3.8) is 0 Å². The number of anilines is 1. The van der Waals surface area contributed by atoms with E-state index in [1.165, 1.54) is 6.07 Å². The second kappa shape index (κ2) is 5.56. The SMILES string of the molecule is Cc1ccc(CNS(=O)(=O)c2cc(N)cc(F)c2)cn1. The molecule has 0 radical (unpaired) electrons. The summed E-state index contributed by atoms with van der Waals surface area (Å²) in [6.45, 7) is 1.91. The maximum absolute atomic E-state index is 13.2. The lowest BCUT2D eigenvalue weighted by Gasteiger charge is -2.08. The number of hydrogen-bond acceptors (Lipinski definition) is 4. The number of aryl methyl sites for hydroxylation is 1. The van der Waals surface area contributed by atoms with E-state index in [0.29, 0.717) is 5.56 Å². The predicted molar refractivity (Wildman–Crippen MR) is 73.8 cm³/mol. The monoisotopic (exact) mass is 295 g/mol. The van der Waals surface area contributed by atoms with Gasteiger partial charge in [0.15, 0.2) is 0 Å². The predicted octanol–water partition coefficient (Wildman–Crippen LogP) is 1.59. The number of nitrogen functional groups attached to an aromatic ring is 1. The second-order valence-electron chi connectivity index (χ2n) is 4.35. The largest absolute Gasteiger partial charge is 0.399 e. The number of pyridine rings is 1. The van der Waals surface area contributed by atoms with Gasteiger partial charge in [0.05, 0.1) is 4.90 Å². The van der Waals surface area contributed by atoms with E-state index in [2.05, 4.69) is 9.71 Å². The third-order valence-electron chi connectivity index (χ3n) is 2.64. The molecule has 0 unspecified atom stereocenters. The van der Waals surface area contributed by atoms with Gasteiger partial charge >= 0.3 is 0 Å². The smallest absolute Gasteiger partial charge is 0.241 e. The van der Waals surface area contributed by atoms with Gasteiger partial charge in [-0.15, -0.1) is 0 Å². The molecule has 0 amide bonds. The molecule has 0 spiro atoms. The lowest BCUT2D eigenvalue weighted by Crippen LogP contribution is -2.23. The van der Waals surface area contributed by atoms with Gasteiger partial charge in [-0.3, -0.25) is 4.98 Å². The zero-order chi connectivity index (χ0) is 14.8. The summed E-state index contributed by atoms with van der Waals surface area (Å²) < 4.78 is 39.6. The molecular formula is C13H14FN3O2S. The fraction of sp³-hybridized carbons (Fsp3) is 0.154. The molecule has 1 heterocycles. The highest BCUT2D eigenvalue weighted by Gasteiger charge is 2.15. The van der Waals surface area contributed by atoms with Crippen molar-refractivity contribution in [1.29, 1.82) is 0 Å². The Bertz CT molecular complexity index is 695. The molecule has 0 saturated heterocycles. The van der Waals surface area contributed by atoms with Crippen LogP contribution >= 0.6 is 0 Å². The zero-order valence-corrected chi connectivity index (χ0v) is 11.6. The van der Waals surface area contributed by atoms with Crippen molar-refractivity contribution in [3.05, 3.63) is 53.6 Å². The Hall–Kier alpha value is -1.99. The molecule has 0 aliphatic rings. The summed E-state index contributed by atoms with van der Waals surface area (Å²) in [7, 11) is -3.81. The molecular weight excluding hydrogens is 281 g/mol. The lowest BCUT2D eigenvalue weighted by molar-refractivity contribution is 0.577. The molecule has 0 aliphatic carbocycles. The maximum Gasteiger partial charge on any atom is 0.241 e. The van der Waals surface area contributed by atoms with E-state index in [1.807, 2.05) is 6.92 Å². The number of aromatic nitrogens is 1. The van der Waals surface area contributed by atoms with Gasteiger partial charge in [0, 0.05) is 24.1 Å². The average Bonchev–Trinajstić information content (AvgIpc) is 2.37. The van der Waals surface area contributed by atoms with E-state index >= 15 is 0 Å². The Morgan fingerprint density at radius 2 is 2.05 bits per heavy atom. The number of nitrogens with two attached hydrogens (primary N) is 1. The number of benzene rings is 1. The standard InChI is InChI=1S/C13H14FN3O2S/c1-9-2-3-10(7-16-9)8-17-20(18,19)13-5-11(14)4-12(15)6-13/h2-7,17H,8,15H2,1H3. The topological polar surface area (TPSA) is 85.1 Å². The molecule has 106 valence electrons. The molecule has 2 aromatic rings. The number of nitrogens with one attached hydrogen (secondary N) is 1. The van der Waals surface area contributed by atoms with Crippen LogP contribution in [0.5, 0.6) is 0 Å². The van der Waals surface area contributed by atoms with Crippen LogP contribution in [0.25, 0.3) is 0 Å². The van der Waals surface area contributed by atoms with Crippen molar-refractivity contribution in [2.45, 2.75) is 18.4 Å². The Morgan fingerprint density at radius 3 is 2.65 bits per heavy atom. The van der Waals surface area contributed by atoms with Crippen molar-refractivity contribution in [2.75, 3.05) is 5.73 Å². The number of nitrogens with zero attached hydrogens (tertiary/aromatic N) is 1. The molecule has 3 N–H and O–H groups in total. The van der Waals surface area contributed by atoms with Crippen LogP contribution in [0.3, 0.4) is 0 Å². The molecule has 2 rings (SSSR count). The first-order valence-electron chi connectivity index (χ1n) is 5.84. The van der Waals surface area contributed by atoms with Crippen LogP contribution < -0.4 is 10.5 Å². The van der Waals surface area contributed by atoms with Crippen LogP contribution in [0, 0.1) is 12.7 Å². The quantitative estimate of drug-likeness (QED) is 0.839. The number of sulfonamides is 1.